The molecule has 1 atom stereocenters. The van der Waals surface area contributed by atoms with Gasteiger partial charge in [0, 0.05) is 19.7 Å². The number of hydrogen-bond acceptors (Lipinski definition) is 6. The van der Waals surface area contributed by atoms with Crippen molar-refractivity contribution in [2.75, 3.05) is 33.1 Å². The number of benzene rings is 1. The van der Waals surface area contributed by atoms with Crippen molar-refractivity contribution in [2.45, 2.75) is 6.92 Å². The third-order valence-electron chi connectivity index (χ3n) is 4.06. The maximum Gasteiger partial charge on any atom is 0.308 e. The lowest BCUT2D eigenvalue weighted by molar-refractivity contribution is -0.141. The number of furan rings is 1. The van der Waals surface area contributed by atoms with Gasteiger partial charge in [-0.15, -0.1) is 0 Å². The maximum atomic E-state index is 12.9. The standard InChI is InChI=1S/C19H22N2O7/c1-11(19(24)25)10-21(2)18(23)12-8-15(26-3)16(27-4)9-13(12)20-17(22)14-6-5-7-28-14/h5-9,11H,10H2,1-4H3,(H,20,22)(H,24,25). The zero-order chi connectivity index (χ0) is 20.8. The highest BCUT2D eigenvalue weighted by atomic mass is 16.5. The van der Waals surface area contributed by atoms with Gasteiger partial charge in [0.1, 0.15) is 0 Å². The van der Waals surface area contributed by atoms with Crippen LogP contribution in [0, 0.1) is 5.92 Å². The fourth-order valence-electron chi connectivity index (χ4n) is 2.53. The van der Waals surface area contributed by atoms with Crippen molar-refractivity contribution in [3.63, 3.8) is 0 Å². The van der Waals surface area contributed by atoms with E-state index in [0.717, 1.165) is 0 Å². The number of methoxy groups -OCH3 is 2. The minimum Gasteiger partial charge on any atom is -0.493 e. The van der Waals surface area contributed by atoms with Gasteiger partial charge in [-0.05, 0) is 18.2 Å². The molecule has 2 rings (SSSR count). The Morgan fingerprint density at radius 3 is 2.39 bits per heavy atom. The Bertz CT molecular complexity index is 861. The van der Waals surface area contributed by atoms with Crippen molar-refractivity contribution >= 4 is 23.5 Å². The maximum absolute atomic E-state index is 12.9. The number of anilines is 1. The van der Waals surface area contributed by atoms with E-state index in [9.17, 15) is 14.4 Å². The topological polar surface area (TPSA) is 118 Å². The summed E-state index contributed by atoms with van der Waals surface area (Å²) in [7, 11) is 4.33. The normalized spacial score (nSPS) is 11.4. The largest absolute Gasteiger partial charge is 0.493 e. The SMILES string of the molecule is COc1cc(NC(=O)c2ccco2)c(C(=O)N(C)CC(C)C(=O)O)cc1OC. The first-order chi connectivity index (χ1) is 13.3. The van der Waals surface area contributed by atoms with Gasteiger partial charge in [-0.25, -0.2) is 0 Å². The van der Waals surface area contributed by atoms with Crippen LogP contribution >= 0.6 is 0 Å². The number of hydrogen-bond donors (Lipinski definition) is 2. The van der Waals surface area contributed by atoms with Crippen LogP contribution in [-0.4, -0.2) is 55.6 Å². The molecular weight excluding hydrogens is 368 g/mol. The first kappa shape index (κ1) is 20.8. The highest BCUT2D eigenvalue weighted by molar-refractivity contribution is 6.08. The summed E-state index contributed by atoms with van der Waals surface area (Å²) < 4.78 is 15.5. The highest BCUT2D eigenvalue weighted by Gasteiger charge is 2.24. The summed E-state index contributed by atoms with van der Waals surface area (Å²) in [6, 6.07) is 5.94. The molecule has 150 valence electrons. The van der Waals surface area contributed by atoms with Gasteiger partial charge in [0.15, 0.2) is 17.3 Å². The summed E-state index contributed by atoms with van der Waals surface area (Å²) in [6.45, 7) is 1.49. The zero-order valence-electron chi connectivity index (χ0n) is 16.0. The van der Waals surface area contributed by atoms with Crippen LogP contribution in [0.25, 0.3) is 0 Å². The van der Waals surface area contributed by atoms with Gasteiger partial charge in [0.2, 0.25) is 0 Å². The highest BCUT2D eigenvalue weighted by Crippen LogP contribution is 2.34. The number of nitrogens with zero attached hydrogens (tertiary/aromatic N) is 1. The number of carbonyl (C=O) groups excluding carboxylic acids is 2. The number of carbonyl (C=O) groups is 3. The average Bonchev–Trinajstić information content (AvgIpc) is 3.21. The average molecular weight is 390 g/mol. The number of carboxylic acids is 1. The summed E-state index contributed by atoms with van der Waals surface area (Å²) in [5, 5.41) is 11.7. The van der Waals surface area contributed by atoms with Crippen molar-refractivity contribution < 1.29 is 33.4 Å². The molecule has 0 aliphatic carbocycles. The predicted molar refractivity (Wildman–Crippen MR) is 100.0 cm³/mol. The first-order valence-electron chi connectivity index (χ1n) is 8.37. The van der Waals surface area contributed by atoms with E-state index in [4.69, 9.17) is 19.0 Å². The van der Waals surface area contributed by atoms with Crippen molar-refractivity contribution in [3.8, 4) is 11.5 Å². The minimum absolute atomic E-state index is 0.00587. The van der Waals surface area contributed by atoms with E-state index < -0.39 is 23.7 Å². The molecule has 28 heavy (non-hydrogen) atoms. The summed E-state index contributed by atoms with van der Waals surface area (Å²) in [6.07, 6.45) is 1.36. The van der Waals surface area contributed by atoms with Crippen LogP contribution in [0.3, 0.4) is 0 Å². The van der Waals surface area contributed by atoms with Crippen LogP contribution in [0.2, 0.25) is 0 Å². The molecule has 0 bridgehead atoms. The summed E-state index contributed by atoms with van der Waals surface area (Å²) in [5.41, 5.74) is 0.302. The van der Waals surface area contributed by atoms with Gasteiger partial charge in [0.25, 0.3) is 11.8 Å². The molecule has 0 radical (unpaired) electrons. The molecule has 0 spiro atoms. The van der Waals surface area contributed by atoms with Gasteiger partial charge in [-0.1, -0.05) is 6.92 Å². The van der Waals surface area contributed by atoms with Gasteiger partial charge < -0.3 is 29.2 Å². The third-order valence-corrected chi connectivity index (χ3v) is 4.06. The molecular formula is C19H22N2O7. The Kier molecular flexibility index (Phi) is 6.64. The smallest absolute Gasteiger partial charge is 0.308 e. The molecule has 1 heterocycles. The molecule has 1 unspecified atom stereocenters. The second-order valence-corrected chi connectivity index (χ2v) is 6.11. The minimum atomic E-state index is -1.02. The van der Waals surface area contributed by atoms with Crippen molar-refractivity contribution in [3.05, 3.63) is 41.9 Å². The fraction of sp³-hybridized carbons (Fsp3) is 0.316. The molecule has 1 aromatic carbocycles. The molecule has 1 aromatic heterocycles. The molecule has 0 saturated carbocycles. The number of carboxylic acid groups (broad SMARTS) is 1. The van der Waals surface area contributed by atoms with Crippen LogP contribution in [0.15, 0.2) is 34.9 Å². The fourth-order valence-corrected chi connectivity index (χ4v) is 2.53. The van der Waals surface area contributed by atoms with Crippen molar-refractivity contribution in [1.29, 1.82) is 0 Å². The molecule has 2 N–H and O–H groups in total. The van der Waals surface area contributed by atoms with Crippen LogP contribution in [0.1, 0.15) is 27.8 Å². The van der Waals surface area contributed by atoms with E-state index in [1.807, 2.05) is 0 Å². The lowest BCUT2D eigenvalue weighted by atomic mass is 10.1. The molecule has 0 fully saturated rings. The van der Waals surface area contributed by atoms with E-state index in [1.54, 1.807) is 6.07 Å². The monoisotopic (exact) mass is 390 g/mol. The molecule has 9 heteroatoms. The Morgan fingerprint density at radius 1 is 1.21 bits per heavy atom. The van der Waals surface area contributed by atoms with E-state index in [2.05, 4.69) is 5.32 Å². The second kappa shape index (κ2) is 8.94. The predicted octanol–water partition coefficient (Wildman–Crippen LogP) is 2.34. The van der Waals surface area contributed by atoms with E-state index in [-0.39, 0.29) is 23.6 Å². The van der Waals surface area contributed by atoms with Gasteiger partial charge in [-0.3, -0.25) is 14.4 Å². The van der Waals surface area contributed by atoms with E-state index >= 15 is 0 Å². The number of rotatable bonds is 8. The van der Waals surface area contributed by atoms with Crippen molar-refractivity contribution in [2.24, 2.45) is 5.92 Å². The Labute approximate surface area is 161 Å². The van der Waals surface area contributed by atoms with Crippen LogP contribution in [0.5, 0.6) is 11.5 Å². The Morgan fingerprint density at radius 2 is 1.86 bits per heavy atom. The molecule has 2 aromatic rings. The third kappa shape index (κ3) is 4.61. The van der Waals surface area contributed by atoms with Crippen LogP contribution in [0.4, 0.5) is 5.69 Å². The molecule has 0 aliphatic rings. The number of aliphatic carboxylic acids is 1. The summed E-state index contributed by atoms with van der Waals surface area (Å²) in [5.74, 6) is -2.12. The van der Waals surface area contributed by atoms with E-state index in [1.165, 1.54) is 57.6 Å². The Hall–Kier alpha value is -3.49. The lowest BCUT2D eigenvalue weighted by Crippen LogP contribution is -2.34. The Balaban J connectivity index is 2.40. The van der Waals surface area contributed by atoms with Crippen molar-refractivity contribution in [1.82, 2.24) is 4.90 Å². The molecule has 0 saturated heterocycles. The van der Waals surface area contributed by atoms with Crippen LogP contribution in [-0.2, 0) is 4.79 Å². The second-order valence-electron chi connectivity index (χ2n) is 6.11. The molecule has 2 amide bonds. The van der Waals surface area contributed by atoms with Crippen LogP contribution < -0.4 is 14.8 Å². The quantitative estimate of drug-likeness (QED) is 0.710. The zero-order valence-corrected chi connectivity index (χ0v) is 16.0. The summed E-state index contributed by atoms with van der Waals surface area (Å²) >= 11 is 0. The molecule has 0 aliphatic heterocycles. The number of ether oxygens (including phenoxy) is 2. The van der Waals surface area contributed by atoms with Gasteiger partial charge in [0.05, 0.1) is 37.7 Å². The number of amides is 2. The van der Waals surface area contributed by atoms with Gasteiger partial charge in [-0.2, -0.15) is 0 Å². The number of nitrogens with one attached hydrogen (secondary N) is 1. The molecule has 9 nitrogen and oxygen atoms in total. The lowest BCUT2D eigenvalue weighted by Gasteiger charge is -2.22. The van der Waals surface area contributed by atoms with Gasteiger partial charge >= 0.3 is 5.97 Å². The summed E-state index contributed by atoms with van der Waals surface area (Å²) in [4.78, 5) is 37.6. The first-order valence-corrected chi connectivity index (χ1v) is 8.37. The van der Waals surface area contributed by atoms with E-state index in [0.29, 0.717) is 11.5 Å².